The van der Waals surface area contributed by atoms with Gasteiger partial charge < -0.3 is 14.6 Å². The fourth-order valence-electron chi connectivity index (χ4n) is 3.96. The van der Waals surface area contributed by atoms with Crippen LogP contribution in [0.4, 0.5) is 0 Å². The SMILES string of the molecule is CCCC(NC(=O)COC(=O)c1cc(C)n(Cc2ccc(S(N)(=O)=O)cc2)c1C)c1ccccc1. The molecule has 3 N–H and O–H groups in total. The number of nitrogens with two attached hydrogens (primary N) is 1. The van der Waals surface area contributed by atoms with Crippen LogP contribution in [0.5, 0.6) is 0 Å². The number of carbonyl (C=O) groups is 2. The van der Waals surface area contributed by atoms with Crippen LogP contribution in [-0.4, -0.2) is 31.5 Å². The van der Waals surface area contributed by atoms with Gasteiger partial charge in [-0.1, -0.05) is 55.8 Å². The molecule has 0 aliphatic rings. The molecule has 1 unspecified atom stereocenters. The highest BCUT2D eigenvalue weighted by molar-refractivity contribution is 7.89. The van der Waals surface area contributed by atoms with Gasteiger partial charge in [0.05, 0.1) is 16.5 Å². The number of ether oxygens (including phenoxy) is 1. The first kappa shape index (κ1) is 26.2. The van der Waals surface area contributed by atoms with Crippen LogP contribution in [0.2, 0.25) is 0 Å². The summed E-state index contributed by atoms with van der Waals surface area (Å²) in [5, 5.41) is 8.10. The molecule has 0 aliphatic heterocycles. The van der Waals surface area contributed by atoms with Gasteiger partial charge in [-0.3, -0.25) is 4.79 Å². The molecule has 0 saturated carbocycles. The molecule has 2 aromatic carbocycles. The van der Waals surface area contributed by atoms with Crippen molar-refractivity contribution in [2.75, 3.05) is 6.61 Å². The number of carbonyl (C=O) groups excluding carboxylic acids is 2. The lowest BCUT2D eigenvalue weighted by Gasteiger charge is -2.18. The first-order valence-corrected chi connectivity index (χ1v) is 12.9. The molecule has 1 amide bonds. The Hall–Kier alpha value is -3.43. The average molecular weight is 498 g/mol. The molecule has 0 fully saturated rings. The van der Waals surface area contributed by atoms with Gasteiger partial charge in [-0.15, -0.1) is 0 Å². The maximum absolute atomic E-state index is 12.7. The van der Waals surface area contributed by atoms with Crippen molar-refractivity contribution in [3.05, 3.63) is 88.7 Å². The second-order valence-electron chi connectivity index (χ2n) is 8.46. The summed E-state index contributed by atoms with van der Waals surface area (Å²) in [7, 11) is -3.76. The van der Waals surface area contributed by atoms with Crippen LogP contribution in [0.3, 0.4) is 0 Å². The van der Waals surface area contributed by atoms with Gasteiger partial charge >= 0.3 is 5.97 Å². The number of nitrogens with zero attached hydrogens (tertiary/aromatic N) is 1. The Morgan fingerprint density at radius 3 is 2.31 bits per heavy atom. The summed E-state index contributed by atoms with van der Waals surface area (Å²) in [4.78, 5) is 25.3. The number of hydrogen-bond acceptors (Lipinski definition) is 5. The summed E-state index contributed by atoms with van der Waals surface area (Å²) in [6, 6.07) is 17.5. The van der Waals surface area contributed by atoms with Gasteiger partial charge in [0.25, 0.3) is 5.91 Å². The van der Waals surface area contributed by atoms with Gasteiger partial charge in [0.1, 0.15) is 0 Å². The van der Waals surface area contributed by atoms with E-state index in [4.69, 9.17) is 9.88 Å². The molecule has 0 radical (unpaired) electrons. The molecule has 3 aromatic rings. The number of hydrogen-bond donors (Lipinski definition) is 2. The number of benzene rings is 2. The highest BCUT2D eigenvalue weighted by Gasteiger charge is 2.20. The topological polar surface area (TPSA) is 120 Å². The molecule has 1 heterocycles. The van der Waals surface area contributed by atoms with Crippen LogP contribution < -0.4 is 10.5 Å². The number of aromatic nitrogens is 1. The van der Waals surface area contributed by atoms with Gasteiger partial charge in [-0.05, 0) is 49.6 Å². The van der Waals surface area contributed by atoms with E-state index in [1.165, 1.54) is 12.1 Å². The summed E-state index contributed by atoms with van der Waals surface area (Å²) in [5.41, 5.74) is 3.76. The monoisotopic (exact) mass is 497 g/mol. The molecule has 1 aromatic heterocycles. The molecule has 0 aliphatic carbocycles. The summed E-state index contributed by atoms with van der Waals surface area (Å²) in [6.45, 7) is 5.78. The molecule has 8 nitrogen and oxygen atoms in total. The molecule has 1 atom stereocenters. The molecule has 9 heteroatoms. The molecule has 186 valence electrons. The zero-order valence-electron chi connectivity index (χ0n) is 20.2. The predicted molar refractivity (Wildman–Crippen MR) is 133 cm³/mol. The fraction of sp³-hybridized carbons (Fsp3) is 0.308. The van der Waals surface area contributed by atoms with Crippen molar-refractivity contribution in [1.29, 1.82) is 0 Å². The second kappa shape index (κ2) is 11.3. The van der Waals surface area contributed by atoms with Crippen LogP contribution in [0.25, 0.3) is 0 Å². The van der Waals surface area contributed by atoms with Crippen molar-refractivity contribution in [1.82, 2.24) is 9.88 Å². The number of sulfonamides is 1. The third-order valence-electron chi connectivity index (χ3n) is 5.83. The first-order valence-electron chi connectivity index (χ1n) is 11.4. The Morgan fingerprint density at radius 2 is 1.71 bits per heavy atom. The summed E-state index contributed by atoms with van der Waals surface area (Å²) >= 11 is 0. The molecule has 0 bridgehead atoms. The quantitative estimate of drug-likeness (QED) is 0.415. The highest BCUT2D eigenvalue weighted by Crippen LogP contribution is 2.20. The smallest absolute Gasteiger partial charge is 0.340 e. The van der Waals surface area contributed by atoms with E-state index in [2.05, 4.69) is 5.32 Å². The molecule has 3 rings (SSSR count). The van der Waals surface area contributed by atoms with Crippen LogP contribution in [0, 0.1) is 13.8 Å². The summed E-state index contributed by atoms with van der Waals surface area (Å²) in [5.74, 6) is -0.930. The van der Waals surface area contributed by atoms with E-state index in [9.17, 15) is 18.0 Å². The fourth-order valence-corrected chi connectivity index (χ4v) is 4.47. The lowest BCUT2D eigenvalue weighted by Crippen LogP contribution is -2.32. The van der Waals surface area contributed by atoms with Crippen molar-refractivity contribution in [3.8, 4) is 0 Å². The number of aryl methyl sites for hydroxylation is 1. The summed E-state index contributed by atoms with van der Waals surface area (Å²) in [6.07, 6.45) is 1.68. The van der Waals surface area contributed by atoms with Crippen LogP contribution in [0.1, 0.15) is 58.7 Å². The van der Waals surface area contributed by atoms with Crippen LogP contribution in [0.15, 0.2) is 65.6 Å². The standard InChI is InChI=1S/C26H31N3O5S/c1-4-8-24(21-9-6-5-7-10-21)28-25(30)17-34-26(31)23-15-18(2)29(19(23)3)16-20-11-13-22(14-12-20)35(27,32)33/h5-7,9-15,24H,4,8,16-17H2,1-3H3,(H,28,30)(H2,27,32,33). The average Bonchev–Trinajstić information content (AvgIpc) is 3.11. The maximum Gasteiger partial charge on any atom is 0.340 e. The predicted octanol–water partition coefficient (Wildman–Crippen LogP) is 3.62. The first-order chi connectivity index (χ1) is 16.6. The lowest BCUT2D eigenvalue weighted by molar-refractivity contribution is -0.125. The van der Waals surface area contributed by atoms with Gasteiger partial charge in [0.2, 0.25) is 10.0 Å². The van der Waals surface area contributed by atoms with Crippen molar-refractivity contribution >= 4 is 21.9 Å². The number of primary sulfonamides is 1. The van der Waals surface area contributed by atoms with Crippen LogP contribution in [-0.2, 0) is 26.1 Å². The van der Waals surface area contributed by atoms with Crippen molar-refractivity contribution in [3.63, 3.8) is 0 Å². The molecule has 0 spiro atoms. The van der Waals surface area contributed by atoms with Gasteiger partial charge in [0.15, 0.2) is 6.61 Å². The van der Waals surface area contributed by atoms with Gasteiger partial charge in [0, 0.05) is 17.9 Å². The van der Waals surface area contributed by atoms with E-state index in [0.717, 1.165) is 29.7 Å². The summed E-state index contributed by atoms with van der Waals surface area (Å²) < 4.78 is 30.1. The number of rotatable bonds is 10. The van der Waals surface area contributed by atoms with Crippen LogP contribution >= 0.6 is 0 Å². The van der Waals surface area contributed by atoms with E-state index in [1.54, 1.807) is 25.1 Å². The van der Waals surface area contributed by atoms with E-state index in [-0.39, 0.29) is 23.5 Å². The zero-order valence-corrected chi connectivity index (χ0v) is 21.0. The molecular formula is C26H31N3O5S. The van der Waals surface area contributed by atoms with E-state index < -0.39 is 16.0 Å². The minimum absolute atomic E-state index is 0.0400. The normalized spacial score (nSPS) is 12.2. The minimum Gasteiger partial charge on any atom is -0.452 e. The third-order valence-corrected chi connectivity index (χ3v) is 6.76. The Labute approximate surface area is 206 Å². The Bertz CT molecular complexity index is 1280. The molecular weight excluding hydrogens is 466 g/mol. The van der Waals surface area contributed by atoms with Crippen molar-refractivity contribution < 1.29 is 22.7 Å². The van der Waals surface area contributed by atoms with E-state index >= 15 is 0 Å². The van der Waals surface area contributed by atoms with Crippen molar-refractivity contribution in [2.45, 2.75) is 51.1 Å². The second-order valence-corrected chi connectivity index (χ2v) is 10.0. The Balaban J connectivity index is 1.64. The number of esters is 1. The van der Waals surface area contributed by atoms with Crippen molar-refractivity contribution in [2.24, 2.45) is 5.14 Å². The van der Waals surface area contributed by atoms with Gasteiger partial charge in [-0.25, -0.2) is 18.4 Å². The number of amides is 1. The number of nitrogens with one attached hydrogen (secondary N) is 1. The maximum atomic E-state index is 12.7. The van der Waals surface area contributed by atoms with E-state index in [0.29, 0.717) is 17.8 Å². The largest absolute Gasteiger partial charge is 0.452 e. The molecule has 0 saturated heterocycles. The van der Waals surface area contributed by atoms with E-state index in [1.807, 2.05) is 48.7 Å². The lowest BCUT2D eigenvalue weighted by atomic mass is 10.0. The minimum atomic E-state index is -3.76. The Morgan fingerprint density at radius 1 is 1.06 bits per heavy atom. The zero-order chi connectivity index (χ0) is 25.6. The van der Waals surface area contributed by atoms with Gasteiger partial charge in [-0.2, -0.15) is 0 Å². The Kier molecular flexibility index (Phi) is 8.48. The molecule has 35 heavy (non-hydrogen) atoms. The third kappa shape index (κ3) is 6.80. The highest BCUT2D eigenvalue weighted by atomic mass is 32.2.